The van der Waals surface area contributed by atoms with Gasteiger partial charge in [0.15, 0.2) is 0 Å². The number of benzene rings is 2. The van der Waals surface area contributed by atoms with Gasteiger partial charge in [0.1, 0.15) is 11.6 Å². The maximum absolute atomic E-state index is 14.7. The van der Waals surface area contributed by atoms with Gasteiger partial charge in [0.05, 0.1) is 24.4 Å². The zero-order valence-electron chi connectivity index (χ0n) is 17.0. The van der Waals surface area contributed by atoms with Crippen molar-refractivity contribution in [1.82, 2.24) is 9.97 Å². The second-order valence-corrected chi connectivity index (χ2v) is 7.73. The predicted molar refractivity (Wildman–Crippen MR) is 118 cm³/mol. The lowest BCUT2D eigenvalue weighted by atomic mass is 10.0. The van der Waals surface area contributed by atoms with Gasteiger partial charge in [-0.15, -0.1) is 0 Å². The fraction of sp³-hybridized carbons (Fsp3) is 0.227. The fourth-order valence-corrected chi connectivity index (χ4v) is 3.72. The van der Waals surface area contributed by atoms with E-state index >= 15 is 0 Å². The molecule has 160 valence electrons. The number of aliphatic hydroxyl groups is 1. The Hall–Kier alpha value is -3.23. The van der Waals surface area contributed by atoms with Crippen LogP contribution in [0.5, 0.6) is 0 Å². The van der Waals surface area contributed by atoms with Gasteiger partial charge in [-0.25, -0.2) is 14.2 Å². The van der Waals surface area contributed by atoms with Gasteiger partial charge in [-0.05, 0) is 44.2 Å². The van der Waals surface area contributed by atoms with E-state index in [0.717, 1.165) is 11.8 Å². The standard InChI is InChI=1S/C22H21ClFN5O2/c1-13(12-30)28-20-17(11-25-21(27-20)26-16-6-4-3-5-7-16)14(2)29(22(28)31)19-9-8-15(23)10-18(19)24/h3-11,13-14,30H,12H2,1-2H3,(H,25,26,27)/t13-,14+/m1/s1. The van der Waals surface area contributed by atoms with E-state index in [4.69, 9.17) is 11.6 Å². The molecular formula is C22H21ClFN5O2. The Bertz CT molecular complexity index is 1110. The number of amides is 2. The molecule has 0 radical (unpaired) electrons. The zero-order valence-corrected chi connectivity index (χ0v) is 17.7. The molecule has 2 amide bonds. The molecule has 1 aromatic heterocycles. The van der Waals surface area contributed by atoms with E-state index in [1.54, 1.807) is 20.0 Å². The van der Waals surface area contributed by atoms with Crippen molar-refractivity contribution < 1.29 is 14.3 Å². The summed E-state index contributed by atoms with van der Waals surface area (Å²) < 4.78 is 14.7. The van der Waals surface area contributed by atoms with Crippen LogP contribution in [0, 0.1) is 5.82 Å². The lowest BCUT2D eigenvalue weighted by molar-refractivity contribution is 0.232. The van der Waals surface area contributed by atoms with Gasteiger partial charge in [0, 0.05) is 22.5 Å². The average molecular weight is 442 g/mol. The molecule has 2 atom stereocenters. The number of nitrogens with zero attached hydrogens (tertiary/aromatic N) is 4. The molecule has 2 heterocycles. The molecule has 9 heteroatoms. The molecule has 0 spiro atoms. The van der Waals surface area contributed by atoms with Gasteiger partial charge in [-0.1, -0.05) is 29.8 Å². The van der Waals surface area contributed by atoms with Gasteiger partial charge >= 0.3 is 6.03 Å². The Kier molecular flexibility index (Phi) is 5.75. The minimum absolute atomic E-state index is 0.0918. The van der Waals surface area contributed by atoms with Crippen molar-refractivity contribution in [2.24, 2.45) is 0 Å². The highest BCUT2D eigenvalue weighted by Gasteiger charge is 2.41. The minimum atomic E-state index is -0.615. The molecule has 4 rings (SSSR count). The number of halogens is 2. The number of carbonyl (C=O) groups is 1. The highest BCUT2D eigenvalue weighted by atomic mass is 35.5. The third kappa shape index (κ3) is 3.92. The number of rotatable bonds is 5. The molecule has 0 saturated carbocycles. The monoisotopic (exact) mass is 441 g/mol. The summed E-state index contributed by atoms with van der Waals surface area (Å²) in [6, 6.07) is 11.9. The molecule has 31 heavy (non-hydrogen) atoms. The predicted octanol–water partition coefficient (Wildman–Crippen LogP) is 4.90. The Morgan fingerprint density at radius 1 is 1.26 bits per heavy atom. The molecule has 0 fully saturated rings. The molecule has 7 nitrogen and oxygen atoms in total. The number of urea groups is 1. The van der Waals surface area contributed by atoms with Crippen molar-refractivity contribution in [3.63, 3.8) is 0 Å². The van der Waals surface area contributed by atoms with Crippen LogP contribution in [-0.2, 0) is 0 Å². The van der Waals surface area contributed by atoms with Gasteiger partial charge in [-0.2, -0.15) is 4.98 Å². The van der Waals surface area contributed by atoms with Crippen LogP contribution in [0.1, 0.15) is 25.5 Å². The summed E-state index contributed by atoms with van der Waals surface area (Å²) in [5, 5.41) is 13.1. The fourth-order valence-electron chi connectivity index (χ4n) is 3.56. The quantitative estimate of drug-likeness (QED) is 0.588. The van der Waals surface area contributed by atoms with Crippen LogP contribution in [0.4, 0.5) is 32.3 Å². The molecule has 1 aliphatic heterocycles. The van der Waals surface area contributed by atoms with Crippen molar-refractivity contribution in [1.29, 1.82) is 0 Å². The first-order chi connectivity index (χ1) is 14.9. The molecule has 2 N–H and O–H groups in total. The van der Waals surface area contributed by atoms with Crippen LogP contribution in [0.3, 0.4) is 0 Å². The van der Waals surface area contributed by atoms with Crippen molar-refractivity contribution in [2.45, 2.75) is 25.9 Å². The number of carbonyl (C=O) groups excluding carboxylic acids is 1. The lowest BCUT2D eigenvalue weighted by Crippen LogP contribution is -2.54. The van der Waals surface area contributed by atoms with Crippen LogP contribution in [-0.4, -0.2) is 33.8 Å². The van der Waals surface area contributed by atoms with E-state index in [9.17, 15) is 14.3 Å². The molecular weight excluding hydrogens is 421 g/mol. The van der Waals surface area contributed by atoms with E-state index in [1.165, 1.54) is 21.9 Å². The summed E-state index contributed by atoms with van der Waals surface area (Å²) in [6.45, 7) is 3.18. The second kappa shape index (κ2) is 8.49. The lowest BCUT2D eigenvalue weighted by Gasteiger charge is -2.42. The normalized spacial score (nSPS) is 16.8. The smallest absolute Gasteiger partial charge is 0.331 e. The van der Waals surface area contributed by atoms with Crippen molar-refractivity contribution >= 4 is 40.8 Å². The Balaban J connectivity index is 1.79. The van der Waals surface area contributed by atoms with Crippen LogP contribution in [0.15, 0.2) is 54.7 Å². The maximum Gasteiger partial charge on any atom is 0.331 e. The molecule has 0 aliphatic carbocycles. The van der Waals surface area contributed by atoms with Crippen molar-refractivity contribution in [2.75, 3.05) is 21.7 Å². The van der Waals surface area contributed by atoms with Crippen LogP contribution >= 0.6 is 11.6 Å². The molecule has 1 aliphatic rings. The Morgan fingerprint density at radius 3 is 2.68 bits per heavy atom. The highest BCUT2D eigenvalue weighted by Crippen LogP contribution is 2.40. The second-order valence-electron chi connectivity index (χ2n) is 7.29. The minimum Gasteiger partial charge on any atom is -0.394 e. The molecule has 3 aromatic rings. The van der Waals surface area contributed by atoms with Crippen LogP contribution in [0.25, 0.3) is 0 Å². The maximum atomic E-state index is 14.7. The first-order valence-corrected chi connectivity index (χ1v) is 10.2. The first kappa shape index (κ1) is 21.0. The Labute approximate surface area is 184 Å². The summed E-state index contributed by atoms with van der Waals surface area (Å²) in [5.74, 6) is 0.0698. The number of hydrogen-bond acceptors (Lipinski definition) is 5. The first-order valence-electron chi connectivity index (χ1n) is 9.78. The zero-order chi connectivity index (χ0) is 22.1. The third-order valence-electron chi connectivity index (χ3n) is 5.18. The van der Waals surface area contributed by atoms with E-state index in [1.807, 2.05) is 30.3 Å². The number of anilines is 4. The van der Waals surface area contributed by atoms with E-state index in [0.29, 0.717) is 17.3 Å². The summed E-state index contributed by atoms with van der Waals surface area (Å²) in [7, 11) is 0. The van der Waals surface area contributed by atoms with Crippen LogP contribution < -0.4 is 15.1 Å². The van der Waals surface area contributed by atoms with Gasteiger partial charge in [-0.3, -0.25) is 9.80 Å². The SMILES string of the molecule is C[C@H](CO)N1C(=O)N(c2ccc(Cl)cc2F)[C@@H](C)c2cnc(Nc3ccccc3)nc21. The van der Waals surface area contributed by atoms with E-state index < -0.39 is 23.9 Å². The van der Waals surface area contributed by atoms with Crippen LogP contribution in [0.2, 0.25) is 5.02 Å². The molecule has 0 unspecified atom stereocenters. The summed E-state index contributed by atoms with van der Waals surface area (Å²) in [5.41, 5.74) is 1.52. The molecule has 0 bridgehead atoms. The summed E-state index contributed by atoms with van der Waals surface area (Å²) in [4.78, 5) is 25.1. The number of para-hydroxylation sites is 1. The Morgan fingerprint density at radius 2 is 2.00 bits per heavy atom. The highest BCUT2D eigenvalue weighted by molar-refractivity contribution is 6.30. The number of hydrogen-bond donors (Lipinski definition) is 2. The van der Waals surface area contributed by atoms with Gasteiger partial charge in [0.2, 0.25) is 5.95 Å². The van der Waals surface area contributed by atoms with Crippen molar-refractivity contribution in [3.05, 3.63) is 71.1 Å². The average Bonchev–Trinajstić information content (AvgIpc) is 2.75. The number of nitrogens with one attached hydrogen (secondary N) is 1. The number of fused-ring (bicyclic) bond motifs is 1. The summed E-state index contributed by atoms with van der Waals surface area (Å²) in [6.07, 6.45) is 1.61. The number of aromatic nitrogens is 2. The third-order valence-corrected chi connectivity index (χ3v) is 5.41. The van der Waals surface area contributed by atoms with Crippen molar-refractivity contribution in [3.8, 4) is 0 Å². The largest absolute Gasteiger partial charge is 0.394 e. The number of aliphatic hydroxyl groups excluding tert-OH is 1. The van der Waals surface area contributed by atoms with E-state index in [2.05, 4.69) is 15.3 Å². The van der Waals surface area contributed by atoms with Gasteiger partial charge in [0.25, 0.3) is 0 Å². The summed E-state index contributed by atoms with van der Waals surface area (Å²) >= 11 is 5.88. The van der Waals surface area contributed by atoms with E-state index in [-0.39, 0.29) is 17.3 Å². The topological polar surface area (TPSA) is 81.6 Å². The van der Waals surface area contributed by atoms with Gasteiger partial charge < -0.3 is 10.4 Å². The molecule has 0 saturated heterocycles. The molecule has 2 aromatic carbocycles.